The summed E-state index contributed by atoms with van der Waals surface area (Å²) < 4.78 is 10.8. The third-order valence-corrected chi connectivity index (χ3v) is 6.13. The van der Waals surface area contributed by atoms with Crippen molar-refractivity contribution in [1.29, 1.82) is 0 Å². The molecule has 1 N–H and O–H groups in total. The summed E-state index contributed by atoms with van der Waals surface area (Å²) in [5, 5.41) is 3.03. The Balaban J connectivity index is 1.33. The standard InChI is InChI=1S/C23H34N2O4/c1-28-20-9-5-6-10-21(20)29-17-22(26)24-19-13-15-25(16-14-19)23(27)12-11-18-7-3-2-4-8-18/h5-6,9-10,18-19H,2-4,7-8,11-17H2,1H3,(H,24,26). The van der Waals surface area contributed by atoms with Gasteiger partial charge < -0.3 is 19.7 Å². The van der Waals surface area contributed by atoms with Crippen molar-refractivity contribution < 1.29 is 19.1 Å². The zero-order valence-electron chi connectivity index (χ0n) is 17.5. The lowest BCUT2D eigenvalue weighted by atomic mass is 9.86. The van der Waals surface area contributed by atoms with Gasteiger partial charge in [-0.05, 0) is 37.3 Å². The molecule has 0 unspecified atom stereocenters. The number of hydrogen-bond acceptors (Lipinski definition) is 4. The van der Waals surface area contributed by atoms with Gasteiger partial charge in [0.2, 0.25) is 5.91 Å². The first-order chi connectivity index (χ1) is 14.2. The van der Waals surface area contributed by atoms with E-state index in [4.69, 9.17) is 9.47 Å². The summed E-state index contributed by atoms with van der Waals surface area (Å²) in [5.41, 5.74) is 0. The molecule has 1 aromatic carbocycles. The number of carbonyl (C=O) groups excluding carboxylic acids is 2. The number of nitrogens with zero attached hydrogens (tertiary/aromatic N) is 1. The summed E-state index contributed by atoms with van der Waals surface area (Å²) in [5.74, 6) is 2.05. The molecule has 1 heterocycles. The fraction of sp³-hybridized carbons (Fsp3) is 0.652. The van der Waals surface area contributed by atoms with Crippen LogP contribution in [0.1, 0.15) is 57.8 Å². The molecule has 6 heteroatoms. The highest BCUT2D eigenvalue weighted by molar-refractivity contribution is 5.78. The molecule has 0 aromatic heterocycles. The Hall–Kier alpha value is -2.24. The van der Waals surface area contributed by atoms with Gasteiger partial charge in [0.15, 0.2) is 18.1 Å². The summed E-state index contributed by atoms with van der Waals surface area (Å²) in [6.45, 7) is 1.41. The number of rotatable bonds is 8. The first-order valence-corrected chi connectivity index (χ1v) is 11.0. The van der Waals surface area contributed by atoms with E-state index in [1.165, 1.54) is 32.1 Å². The minimum absolute atomic E-state index is 0.0408. The average Bonchev–Trinajstić information content (AvgIpc) is 2.77. The average molecular weight is 403 g/mol. The van der Waals surface area contributed by atoms with Gasteiger partial charge in [0.1, 0.15) is 0 Å². The lowest BCUT2D eigenvalue weighted by Gasteiger charge is -2.33. The molecule has 2 aliphatic rings. The van der Waals surface area contributed by atoms with Crippen molar-refractivity contribution in [3.05, 3.63) is 24.3 Å². The third kappa shape index (κ3) is 6.65. The number of piperidine rings is 1. The van der Waals surface area contributed by atoms with E-state index in [0.29, 0.717) is 17.9 Å². The molecule has 1 aliphatic heterocycles. The molecule has 1 aliphatic carbocycles. The molecule has 6 nitrogen and oxygen atoms in total. The molecule has 160 valence electrons. The minimum atomic E-state index is -0.141. The Kier molecular flexibility index (Phi) is 8.20. The highest BCUT2D eigenvalue weighted by Gasteiger charge is 2.24. The number of nitrogens with one attached hydrogen (secondary N) is 1. The molecule has 0 radical (unpaired) electrons. The predicted octanol–water partition coefficient (Wildman–Crippen LogP) is 3.54. The second kappa shape index (κ2) is 11.1. The molecule has 2 amide bonds. The normalized spacial score (nSPS) is 18.3. The van der Waals surface area contributed by atoms with Crippen LogP contribution in [0.25, 0.3) is 0 Å². The van der Waals surface area contributed by atoms with Gasteiger partial charge in [-0.3, -0.25) is 9.59 Å². The van der Waals surface area contributed by atoms with E-state index in [1.807, 2.05) is 17.0 Å². The fourth-order valence-corrected chi connectivity index (χ4v) is 4.39. The van der Waals surface area contributed by atoms with E-state index in [0.717, 1.165) is 38.3 Å². The van der Waals surface area contributed by atoms with E-state index in [9.17, 15) is 9.59 Å². The molecule has 0 bridgehead atoms. The topological polar surface area (TPSA) is 67.9 Å². The molecular weight excluding hydrogens is 368 g/mol. The van der Waals surface area contributed by atoms with Gasteiger partial charge in [-0.25, -0.2) is 0 Å². The molecule has 29 heavy (non-hydrogen) atoms. The van der Waals surface area contributed by atoms with Gasteiger partial charge in [0.05, 0.1) is 7.11 Å². The van der Waals surface area contributed by atoms with E-state index in [1.54, 1.807) is 19.2 Å². The summed E-state index contributed by atoms with van der Waals surface area (Å²) in [7, 11) is 1.58. The van der Waals surface area contributed by atoms with Crippen molar-refractivity contribution in [1.82, 2.24) is 10.2 Å². The lowest BCUT2D eigenvalue weighted by molar-refractivity contribution is -0.132. The van der Waals surface area contributed by atoms with Crippen LogP contribution < -0.4 is 14.8 Å². The zero-order valence-corrected chi connectivity index (χ0v) is 17.5. The molecule has 3 rings (SSSR count). The fourth-order valence-electron chi connectivity index (χ4n) is 4.39. The number of ether oxygens (including phenoxy) is 2. The van der Waals surface area contributed by atoms with E-state index < -0.39 is 0 Å². The van der Waals surface area contributed by atoms with Gasteiger partial charge in [0, 0.05) is 25.6 Å². The molecule has 0 atom stereocenters. The van der Waals surface area contributed by atoms with Crippen LogP contribution in [0.2, 0.25) is 0 Å². The van der Waals surface area contributed by atoms with Crippen molar-refractivity contribution in [2.24, 2.45) is 5.92 Å². The van der Waals surface area contributed by atoms with E-state index in [2.05, 4.69) is 5.32 Å². The maximum atomic E-state index is 12.5. The Labute approximate surface area is 173 Å². The smallest absolute Gasteiger partial charge is 0.258 e. The number of benzene rings is 1. The number of amides is 2. The van der Waals surface area contributed by atoms with Crippen LogP contribution in [0.3, 0.4) is 0 Å². The predicted molar refractivity (Wildman–Crippen MR) is 112 cm³/mol. The van der Waals surface area contributed by atoms with Crippen molar-refractivity contribution in [3.63, 3.8) is 0 Å². The first-order valence-electron chi connectivity index (χ1n) is 11.0. The van der Waals surface area contributed by atoms with Gasteiger partial charge in [-0.2, -0.15) is 0 Å². The number of para-hydroxylation sites is 2. The second-order valence-corrected chi connectivity index (χ2v) is 8.20. The summed E-state index contributed by atoms with van der Waals surface area (Å²) >= 11 is 0. The van der Waals surface area contributed by atoms with Gasteiger partial charge in [-0.1, -0.05) is 44.2 Å². The highest BCUT2D eigenvalue weighted by atomic mass is 16.5. The van der Waals surface area contributed by atoms with Crippen molar-refractivity contribution in [3.8, 4) is 11.5 Å². The van der Waals surface area contributed by atoms with Crippen LogP contribution in [-0.4, -0.2) is 49.6 Å². The molecule has 1 saturated heterocycles. The third-order valence-electron chi connectivity index (χ3n) is 6.13. The van der Waals surface area contributed by atoms with Gasteiger partial charge in [0.25, 0.3) is 5.91 Å². The summed E-state index contributed by atoms with van der Waals surface area (Å²) in [6, 6.07) is 7.39. The molecule has 1 aromatic rings. The first kappa shape index (κ1) is 21.5. The van der Waals surface area contributed by atoms with Crippen LogP contribution in [0, 0.1) is 5.92 Å². The van der Waals surface area contributed by atoms with Gasteiger partial charge in [-0.15, -0.1) is 0 Å². The summed E-state index contributed by atoms with van der Waals surface area (Å²) in [6.07, 6.45) is 9.90. The van der Waals surface area contributed by atoms with Crippen LogP contribution in [0.4, 0.5) is 0 Å². The van der Waals surface area contributed by atoms with Crippen molar-refractivity contribution in [2.75, 3.05) is 26.8 Å². The maximum absolute atomic E-state index is 12.5. The molecular formula is C23H34N2O4. The largest absolute Gasteiger partial charge is 0.493 e. The SMILES string of the molecule is COc1ccccc1OCC(=O)NC1CCN(C(=O)CCC2CCCCC2)CC1. The molecule has 1 saturated carbocycles. The number of carbonyl (C=O) groups is 2. The highest BCUT2D eigenvalue weighted by Crippen LogP contribution is 2.28. The van der Waals surface area contributed by atoms with E-state index in [-0.39, 0.29) is 24.5 Å². The summed E-state index contributed by atoms with van der Waals surface area (Å²) in [4.78, 5) is 26.7. The van der Waals surface area contributed by atoms with Gasteiger partial charge >= 0.3 is 0 Å². The molecule has 0 spiro atoms. The maximum Gasteiger partial charge on any atom is 0.258 e. The molecule has 2 fully saturated rings. The van der Waals surface area contributed by atoms with Crippen molar-refractivity contribution >= 4 is 11.8 Å². The lowest BCUT2D eigenvalue weighted by Crippen LogP contribution is -2.47. The Morgan fingerprint density at radius 3 is 2.41 bits per heavy atom. The Morgan fingerprint density at radius 1 is 1.03 bits per heavy atom. The van der Waals surface area contributed by atoms with Crippen LogP contribution in [0.5, 0.6) is 11.5 Å². The van der Waals surface area contributed by atoms with Crippen molar-refractivity contribution in [2.45, 2.75) is 63.8 Å². The van der Waals surface area contributed by atoms with Crippen LogP contribution in [-0.2, 0) is 9.59 Å². The zero-order chi connectivity index (χ0) is 20.5. The number of likely N-dealkylation sites (tertiary alicyclic amines) is 1. The monoisotopic (exact) mass is 402 g/mol. The number of hydrogen-bond donors (Lipinski definition) is 1. The van der Waals surface area contributed by atoms with Crippen LogP contribution >= 0.6 is 0 Å². The number of methoxy groups -OCH3 is 1. The van der Waals surface area contributed by atoms with Crippen LogP contribution in [0.15, 0.2) is 24.3 Å². The quantitative estimate of drug-likeness (QED) is 0.722. The Morgan fingerprint density at radius 2 is 1.72 bits per heavy atom. The second-order valence-electron chi connectivity index (χ2n) is 8.20. The minimum Gasteiger partial charge on any atom is -0.493 e. The Bertz CT molecular complexity index is 665. The van der Waals surface area contributed by atoms with E-state index >= 15 is 0 Å².